The van der Waals surface area contributed by atoms with Gasteiger partial charge in [0.25, 0.3) is 0 Å². The van der Waals surface area contributed by atoms with E-state index < -0.39 is 0 Å². The highest BCUT2D eigenvalue weighted by Crippen LogP contribution is 2.53. The van der Waals surface area contributed by atoms with Crippen LogP contribution in [0.2, 0.25) is 0 Å². The Morgan fingerprint density at radius 1 is 1.07 bits per heavy atom. The molecule has 1 fully saturated rings. The fraction of sp³-hybridized carbons (Fsp3) is 0.571. The van der Waals surface area contributed by atoms with E-state index in [1.165, 1.54) is 24.0 Å². The Labute approximate surface area is 92.7 Å². The predicted molar refractivity (Wildman–Crippen MR) is 64.8 cm³/mol. The standard InChI is InChI=1S/C14H21N/c1-10(2)11-4-6-12(7-5-11)13(15)14(3)8-9-14/h4-7,10,13H,8-9,15H2,1-3H3. The van der Waals surface area contributed by atoms with Crippen molar-refractivity contribution in [3.63, 3.8) is 0 Å². The van der Waals surface area contributed by atoms with E-state index in [0.29, 0.717) is 11.3 Å². The summed E-state index contributed by atoms with van der Waals surface area (Å²) in [4.78, 5) is 0. The highest BCUT2D eigenvalue weighted by molar-refractivity contribution is 5.28. The molecule has 2 N–H and O–H groups in total. The molecule has 0 saturated heterocycles. The van der Waals surface area contributed by atoms with E-state index in [0.717, 1.165) is 0 Å². The van der Waals surface area contributed by atoms with Gasteiger partial charge in [0.2, 0.25) is 0 Å². The largest absolute Gasteiger partial charge is 0.323 e. The van der Waals surface area contributed by atoms with Crippen molar-refractivity contribution in [3.05, 3.63) is 35.4 Å². The van der Waals surface area contributed by atoms with E-state index in [1.807, 2.05) is 0 Å². The van der Waals surface area contributed by atoms with E-state index in [2.05, 4.69) is 45.0 Å². The van der Waals surface area contributed by atoms with Gasteiger partial charge >= 0.3 is 0 Å². The maximum atomic E-state index is 6.26. The minimum atomic E-state index is 0.221. The molecule has 2 rings (SSSR count). The van der Waals surface area contributed by atoms with Crippen LogP contribution >= 0.6 is 0 Å². The molecule has 1 nitrogen and oxygen atoms in total. The highest BCUT2D eigenvalue weighted by atomic mass is 14.7. The maximum absolute atomic E-state index is 6.26. The van der Waals surface area contributed by atoms with Gasteiger partial charge in [0.15, 0.2) is 0 Å². The number of nitrogens with two attached hydrogens (primary N) is 1. The molecule has 1 unspecified atom stereocenters. The number of hydrogen-bond acceptors (Lipinski definition) is 1. The number of benzene rings is 1. The molecule has 1 heteroatoms. The molecule has 1 aliphatic rings. The third-order valence-corrected chi connectivity index (χ3v) is 3.75. The van der Waals surface area contributed by atoms with Gasteiger partial charge in [-0.1, -0.05) is 45.0 Å². The van der Waals surface area contributed by atoms with E-state index in [-0.39, 0.29) is 6.04 Å². The molecule has 0 radical (unpaired) electrons. The van der Waals surface area contributed by atoms with Gasteiger partial charge in [-0.3, -0.25) is 0 Å². The Hall–Kier alpha value is -0.820. The zero-order valence-corrected chi connectivity index (χ0v) is 9.96. The molecule has 0 aliphatic heterocycles. The number of hydrogen-bond donors (Lipinski definition) is 1. The molecule has 1 aromatic rings. The minimum absolute atomic E-state index is 0.221. The smallest absolute Gasteiger partial charge is 0.0349 e. The normalized spacial score (nSPS) is 20.3. The van der Waals surface area contributed by atoms with Crippen LogP contribution in [0.5, 0.6) is 0 Å². The van der Waals surface area contributed by atoms with Crippen LogP contribution in [0.4, 0.5) is 0 Å². The molecular formula is C14H21N. The Morgan fingerprint density at radius 2 is 1.53 bits per heavy atom. The minimum Gasteiger partial charge on any atom is -0.323 e. The molecule has 0 amide bonds. The Morgan fingerprint density at radius 3 is 1.93 bits per heavy atom. The van der Waals surface area contributed by atoms with Gasteiger partial charge in [-0.2, -0.15) is 0 Å². The summed E-state index contributed by atoms with van der Waals surface area (Å²) >= 11 is 0. The fourth-order valence-electron chi connectivity index (χ4n) is 2.00. The lowest BCUT2D eigenvalue weighted by molar-refractivity contribution is 0.451. The van der Waals surface area contributed by atoms with Crippen molar-refractivity contribution in [1.29, 1.82) is 0 Å². The van der Waals surface area contributed by atoms with E-state index in [9.17, 15) is 0 Å². The van der Waals surface area contributed by atoms with Crippen molar-refractivity contribution in [2.24, 2.45) is 11.1 Å². The lowest BCUT2D eigenvalue weighted by atomic mass is 9.91. The molecular weight excluding hydrogens is 182 g/mol. The van der Waals surface area contributed by atoms with Crippen molar-refractivity contribution in [3.8, 4) is 0 Å². The second-order valence-corrected chi connectivity index (χ2v) is 5.45. The van der Waals surface area contributed by atoms with Gasteiger partial charge < -0.3 is 5.73 Å². The Bertz CT molecular complexity index is 333. The van der Waals surface area contributed by atoms with E-state index >= 15 is 0 Å². The first kappa shape index (κ1) is 10.7. The topological polar surface area (TPSA) is 26.0 Å². The maximum Gasteiger partial charge on any atom is 0.0349 e. The summed E-state index contributed by atoms with van der Waals surface area (Å²) in [6, 6.07) is 9.04. The molecule has 15 heavy (non-hydrogen) atoms. The molecule has 82 valence electrons. The SMILES string of the molecule is CC(C)c1ccc(C(N)C2(C)CC2)cc1. The predicted octanol–water partition coefficient (Wildman–Crippen LogP) is 3.61. The van der Waals surface area contributed by atoms with Crippen molar-refractivity contribution in [2.45, 2.75) is 45.6 Å². The van der Waals surface area contributed by atoms with Crippen LogP contribution in [0.1, 0.15) is 56.7 Å². The van der Waals surface area contributed by atoms with Gasteiger partial charge in [0, 0.05) is 6.04 Å². The summed E-state index contributed by atoms with van der Waals surface area (Å²) in [5.41, 5.74) is 9.32. The third kappa shape index (κ3) is 2.07. The summed E-state index contributed by atoms with van der Waals surface area (Å²) in [7, 11) is 0. The van der Waals surface area contributed by atoms with Gasteiger partial charge in [0.05, 0.1) is 0 Å². The highest BCUT2D eigenvalue weighted by Gasteiger charge is 2.43. The first-order valence-corrected chi connectivity index (χ1v) is 5.88. The molecule has 1 atom stereocenters. The summed E-state index contributed by atoms with van der Waals surface area (Å²) < 4.78 is 0. The Balaban J connectivity index is 2.16. The Kier molecular flexibility index (Phi) is 2.59. The van der Waals surface area contributed by atoms with Gasteiger partial charge in [-0.15, -0.1) is 0 Å². The number of rotatable bonds is 3. The second kappa shape index (κ2) is 3.64. The molecule has 1 aliphatic carbocycles. The van der Waals surface area contributed by atoms with Crippen LogP contribution < -0.4 is 5.73 Å². The summed E-state index contributed by atoms with van der Waals surface area (Å²) in [5, 5.41) is 0. The van der Waals surface area contributed by atoms with Crippen LogP contribution in [0.3, 0.4) is 0 Å². The molecule has 0 aromatic heterocycles. The van der Waals surface area contributed by atoms with Crippen molar-refractivity contribution < 1.29 is 0 Å². The van der Waals surface area contributed by atoms with Crippen molar-refractivity contribution >= 4 is 0 Å². The molecule has 1 aromatic carbocycles. The average molecular weight is 203 g/mol. The van der Waals surface area contributed by atoms with Crippen molar-refractivity contribution in [1.82, 2.24) is 0 Å². The summed E-state index contributed by atoms with van der Waals surface area (Å²) in [5.74, 6) is 0.604. The molecule has 0 spiro atoms. The molecule has 0 heterocycles. The average Bonchev–Trinajstić information content (AvgIpc) is 2.97. The van der Waals surface area contributed by atoms with Crippen LogP contribution in [0.25, 0.3) is 0 Å². The van der Waals surface area contributed by atoms with Crippen molar-refractivity contribution in [2.75, 3.05) is 0 Å². The van der Waals surface area contributed by atoms with Crippen LogP contribution in [0.15, 0.2) is 24.3 Å². The van der Waals surface area contributed by atoms with Gasteiger partial charge in [0.1, 0.15) is 0 Å². The lowest BCUT2D eigenvalue weighted by Crippen LogP contribution is -2.19. The van der Waals surface area contributed by atoms with E-state index in [1.54, 1.807) is 0 Å². The second-order valence-electron chi connectivity index (χ2n) is 5.45. The summed E-state index contributed by atoms with van der Waals surface area (Å²) in [6.45, 7) is 6.72. The first-order valence-electron chi connectivity index (χ1n) is 5.88. The zero-order valence-electron chi connectivity index (χ0n) is 9.96. The van der Waals surface area contributed by atoms with Gasteiger partial charge in [-0.05, 0) is 35.3 Å². The fourth-order valence-corrected chi connectivity index (χ4v) is 2.00. The van der Waals surface area contributed by atoms with Gasteiger partial charge in [-0.25, -0.2) is 0 Å². The third-order valence-electron chi connectivity index (χ3n) is 3.75. The lowest BCUT2D eigenvalue weighted by Gasteiger charge is -2.19. The zero-order chi connectivity index (χ0) is 11.1. The van der Waals surface area contributed by atoms with E-state index in [4.69, 9.17) is 5.73 Å². The monoisotopic (exact) mass is 203 g/mol. The molecule has 0 bridgehead atoms. The van der Waals surface area contributed by atoms with Crippen LogP contribution in [-0.4, -0.2) is 0 Å². The first-order chi connectivity index (χ1) is 7.03. The quantitative estimate of drug-likeness (QED) is 0.798. The van der Waals surface area contributed by atoms with Crippen LogP contribution in [0, 0.1) is 5.41 Å². The molecule has 1 saturated carbocycles. The van der Waals surface area contributed by atoms with Crippen LogP contribution in [-0.2, 0) is 0 Å². The summed E-state index contributed by atoms with van der Waals surface area (Å²) in [6.07, 6.45) is 2.56.